The first kappa shape index (κ1) is 18.7. The van der Waals surface area contributed by atoms with Crippen LogP contribution >= 0.6 is 0 Å². The van der Waals surface area contributed by atoms with Gasteiger partial charge >= 0.3 is 0 Å². The highest BCUT2D eigenvalue weighted by atomic mass is 32.2. The fourth-order valence-electron chi connectivity index (χ4n) is 2.20. The van der Waals surface area contributed by atoms with Crippen LogP contribution in [0.1, 0.15) is 51.9 Å². The molecule has 7 heteroatoms. The van der Waals surface area contributed by atoms with Crippen LogP contribution in [-0.2, 0) is 15.4 Å². The summed E-state index contributed by atoms with van der Waals surface area (Å²) in [7, 11) is -3.12. The minimum atomic E-state index is -3.12. The number of carbonyl (C=O) groups excluding carboxylic acids is 1. The fraction of sp³-hybridized carbons (Fsp3) is 0.733. The second-order valence-corrected chi connectivity index (χ2v) is 8.88. The first-order valence-electron chi connectivity index (χ1n) is 7.58. The maximum Gasteiger partial charge on any atom is 0.257 e. The van der Waals surface area contributed by atoms with Crippen LogP contribution in [0.5, 0.6) is 0 Å². The molecular formula is C15H27N3O3S. The van der Waals surface area contributed by atoms with Gasteiger partial charge in [0.1, 0.15) is 0 Å². The molecule has 1 heterocycles. The highest BCUT2D eigenvalue weighted by Crippen LogP contribution is 2.15. The van der Waals surface area contributed by atoms with Crippen LogP contribution in [0.25, 0.3) is 0 Å². The average molecular weight is 329 g/mol. The summed E-state index contributed by atoms with van der Waals surface area (Å²) >= 11 is 0. The number of aromatic nitrogens is 2. The first-order chi connectivity index (χ1) is 10.0. The van der Waals surface area contributed by atoms with Crippen LogP contribution in [0.2, 0.25) is 0 Å². The third-order valence-corrected chi connectivity index (χ3v) is 5.46. The van der Waals surface area contributed by atoms with E-state index >= 15 is 0 Å². The van der Waals surface area contributed by atoms with Crippen molar-refractivity contribution in [2.45, 2.75) is 53.1 Å². The fourth-order valence-corrected chi connectivity index (χ4v) is 3.35. The molecule has 6 nitrogen and oxygen atoms in total. The Morgan fingerprint density at radius 1 is 1.36 bits per heavy atom. The average Bonchev–Trinajstić information content (AvgIpc) is 2.88. The molecule has 1 aromatic rings. The summed E-state index contributed by atoms with van der Waals surface area (Å²) in [5.41, 5.74) is 0.282. The normalized spacial score (nSPS) is 13.9. The molecule has 1 unspecified atom stereocenters. The first-order valence-corrected chi connectivity index (χ1v) is 9.40. The molecule has 1 aromatic heterocycles. The number of rotatable bonds is 6. The molecule has 1 atom stereocenters. The summed E-state index contributed by atoms with van der Waals surface area (Å²) in [6, 6.07) is -0.361. The van der Waals surface area contributed by atoms with E-state index in [1.807, 2.05) is 27.7 Å². The van der Waals surface area contributed by atoms with Gasteiger partial charge in [0.05, 0.1) is 23.1 Å². The van der Waals surface area contributed by atoms with Crippen molar-refractivity contribution in [3.8, 4) is 0 Å². The van der Waals surface area contributed by atoms with E-state index in [-0.39, 0.29) is 29.0 Å². The van der Waals surface area contributed by atoms with E-state index in [4.69, 9.17) is 0 Å². The Morgan fingerprint density at radius 3 is 2.36 bits per heavy atom. The van der Waals surface area contributed by atoms with Crippen molar-refractivity contribution < 1.29 is 13.2 Å². The van der Waals surface area contributed by atoms with E-state index in [0.717, 1.165) is 0 Å². The molecule has 1 amide bonds. The summed E-state index contributed by atoms with van der Waals surface area (Å²) in [5.74, 6) is -0.113. The zero-order valence-corrected chi connectivity index (χ0v) is 15.1. The van der Waals surface area contributed by atoms with Crippen LogP contribution in [0.4, 0.5) is 0 Å². The molecule has 0 aliphatic heterocycles. The van der Waals surface area contributed by atoms with E-state index in [0.29, 0.717) is 12.1 Å². The molecule has 0 fully saturated rings. The predicted molar refractivity (Wildman–Crippen MR) is 87.7 cm³/mol. The highest BCUT2D eigenvalue weighted by Gasteiger charge is 2.26. The maximum atomic E-state index is 12.6. The zero-order chi connectivity index (χ0) is 17.1. The molecule has 0 radical (unpaired) electrons. The SMILES string of the molecule is CCN(C(=O)c1cnn(C(C)(C)C)c1)C(C)CS(=O)(=O)CC. The van der Waals surface area contributed by atoms with Crippen molar-refractivity contribution in [1.82, 2.24) is 14.7 Å². The smallest absolute Gasteiger partial charge is 0.257 e. The number of sulfone groups is 1. The molecule has 0 spiro atoms. The topological polar surface area (TPSA) is 72.3 Å². The van der Waals surface area contributed by atoms with Crippen molar-refractivity contribution in [2.75, 3.05) is 18.1 Å². The van der Waals surface area contributed by atoms with Crippen LogP contribution in [-0.4, -0.2) is 53.1 Å². The lowest BCUT2D eigenvalue weighted by molar-refractivity contribution is 0.0719. The summed E-state index contributed by atoms with van der Waals surface area (Å²) in [5, 5.41) is 4.23. The van der Waals surface area contributed by atoms with Gasteiger partial charge in [-0.15, -0.1) is 0 Å². The van der Waals surface area contributed by atoms with Gasteiger partial charge in [-0.2, -0.15) is 5.10 Å². The molecule has 22 heavy (non-hydrogen) atoms. The van der Waals surface area contributed by atoms with E-state index in [2.05, 4.69) is 5.10 Å². The Morgan fingerprint density at radius 2 is 1.95 bits per heavy atom. The van der Waals surface area contributed by atoms with Crippen LogP contribution < -0.4 is 0 Å². The molecule has 0 saturated carbocycles. The van der Waals surface area contributed by atoms with Gasteiger partial charge < -0.3 is 4.90 Å². The third-order valence-electron chi connectivity index (χ3n) is 3.59. The summed E-state index contributed by atoms with van der Waals surface area (Å²) < 4.78 is 25.3. The molecule has 0 saturated heterocycles. The third kappa shape index (κ3) is 4.56. The van der Waals surface area contributed by atoms with E-state index in [1.54, 1.807) is 29.6 Å². The van der Waals surface area contributed by atoms with Crippen molar-refractivity contribution in [1.29, 1.82) is 0 Å². The minimum Gasteiger partial charge on any atom is -0.335 e. The Hall–Kier alpha value is -1.37. The molecule has 0 aromatic carbocycles. The highest BCUT2D eigenvalue weighted by molar-refractivity contribution is 7.91. The Balaban J connectivity index is 2.95. The molecule has 126 valence electrons. The van der Waals surface area contributed by atoms with Gasteiger partial charge in [-0.25, -0.2) is 8.42 Å². The number of hydrogen-bond donors (Lipinski definition) is 0. The predicted octanol–water partition coefficient (Wildman–Crippen LogP) is 1.92. The van der Waals surface area contributed by atoms with Gasteiger partial charge in [0.2, 0.25) is 0 Å². The van der Waals surface area contributed by atoms with Crippen molar-refractivity contribution in [3.05, 3.63) is 18.0 Å². The number of amides is 1. The van der Waals surface area contributed by atoms with Gasteiger partial charge in [-0.3, -0.25) is 9.48 Å². The number of carbonyl (C=O) groups is 1. The molecule has 1 rings (SSSR count). The van der Waals surface area contributed by atoms with Crippen molar-refractivity contribution >= 4 is 15.7 Å². The summed E-state index contributed by atoms with van der Waals surface area (Å²) in [6.07, 6.45) is 3.25. The molecule has 0 N–H and O–H groups in total. The lowest BCUT2D eigenvalue weighted by Gasteiger charge is -2.27. The largest absolute Gasteiger partial charge is 0.335 e. The van der Waals surface area contributed by atoms with Crippen LogP contribution in [0, 0.1) is 0 Å². The second kappa shape index (κ2) is 6.81. The monoisotopic (exact) mass is 329 g/mol. The lowest BCUT2D eigenvalue weighted by atomic mass is 10.1. The maximum absolute atomic E-state index is 12.6. The molecule has 0 bridgehead atoms. The second-order valence-electron chi connectivity index (χ2n) is 6.48. The van der Waals surface area contributed by atoms with E-state index in [1.165, 1.54) is 6.20 Å². The molecule has 0 aliphatic carbocycles. The minimum absolute atomic E-state index is 0.0174. The standard InChI is InChI=1S/C15H27N3O3S/c1-7-17(12(3)11-22(20,21)8-2)14(19)13-9-16-18(10-13)15(4,5)6/h9-10,12H,7-8,11H2,1-6H3. The Kier molecular flexibility index (Phi) is 5.78. The Bertz CT molecular complexity index is 614. The zero-order valence-electron chi connectivity index (χ0n) is 14.3. The van der Waals surface area contributed by atoms with Crippen LogP contribution in [0.15, 0.2) is 12.4 Å². The number of hydrogen-bond acceptors (Lipinski definition) is 4. The van der Waals surface area contributed by atoms with E-state index < -0.39 is 9.84 Å². The van der Waals surface area contributed by atoms with Crippen molar-refractivity contribution in [3.63, 3.8) is 0 Å². The van der Waals surface area contributed by atoms with E-state index in [9.17, 15) is 13.2 Å². The lowest BCUT2D eigenvalue weighted by Crippen LogP contribution is -2.42. The molecule has 0 aliphatic rings. The molecular weight excluding hydrogens is 302 g/mol. The van der Waals surface area contributed by atoms with Crippen molar-refractivity contribution in [2.24, 2.45) is 0 Å². The van der Waals surface area contributed by atoms with Crippen LogP contribution in [0.3, 0.4) is 0 Å². The summed E-state index contributed by atoms with van der Waals surface area (Å²) in [6.45, 7) is 11.7. The quantitative estimate of drug-likeness (QED) is 0.799. The van der Waals surface area contributed by atoms with Gasteiger partial charge in [0.15, 0.2) is 9.84 Å². The number of nitrogens with zero attached hydrogens (tertiary/aromatic N) is 3. The van der Waals surface area contributed by atoms with Gasteiger partial charge in [0, 0.05) is 24.5 Å². The summed E-state index contributed by atoms with van der Waals surface area (Å²) in [4.78, 5) is 14.2. The van der Waals surface area contributed by atoms with Gasteiger partial charge in [0.25, 0.3) is 5.91 Å². The Labute approximate surface area is 133 Å². The van der Waals surface area contributed by atoms with Gasteiger partial charge in [-0.1, -0.05) is 6.92 Å². The van der Waals surface area contributed by atoms with Gasteiger partial charge in [-0.05, 0) is 34.6 Å².